The minimum absolute atomic E-state index is 0.189. The molecule has 7 aromatic carbocycles. The van der Waals surface area contributed by atoms with Gasteiger partial charge < -0.3 is 22.6 Å². The number of methoxy groups -OCH3 is 2. The summed E-state index contributed by atoms with van der Waals surface area (Å²) in [6.45, 7) is 27.7. The topological polar surface area (TPSA) is 74.3 Å². The molecule has 1 fully saturated rings. The van der Waals surface area contributed by atoms with E-state index in [9.17, 15) is 4.79 Å². The van der Waals surface area contributed by atoms with Gasteiger partial charge in [-0.3, -0.25) is 4.79 Å². The summed E-state index contributed by atoms with van der Waals surface area (Å²) in [4.78, 5) is 14.4. The van der Waals surface area contributed by atoms with Gasteiger partial charge in [-0.2, -0.15) is 4.67 Å². The van der Waals surface area contributed by atoms with Crippen LogP contribution >= 0.6 is 8.16 Å². The zero-order chi connectivity index (χ0) is 50.1. The van der Waals surface area contributed by atoms with Gasteiger partial charge in [0.1, 0.15) is 24.1 Å². The van der Waals surface area contributed by atoms with E-state index in [-0.39, 0.29) is 34.2 Å². The fraction of sp³-hybridized carbons (Fsp3) is 0.371. The first kappa shape index (κ1) is 49.0. The molecule has 1 aromatic heterocycles. The molecule has 0 radical (unpaired) electrons. The summed E-state index contributed by atoms with van der Waals surface area (Å²) >= 11 is 0. The zero-order valence-electron chi connectivity index (χ0n) is 43.7. The quantitative estimate of drug-likeness (QED) is 0.140. The minimum atomic E-state index is -1.99. The number of carbonyl (C=O) groups is 1. The maximum absolute atomic E-state index is 14.4. The Hall–Kier alpha value is -6.01. The van der Waals surface area contributed by atoms with Crippen molar-refractivity contribution in [3.05, 3.63) is 143 Å². The summed E-state index contributed by atoms with van der Waals surface area (Å²) in [5.74, 6) is 1.53. The van der Waals surface area contributed by atoms with Gasteiger partial charge in [-0.05, 0) is 109 Å². The lowest BCUT2D eigenvalue weighted by molar-refractivity contribution is -0.146. The normalized spacial score (nSPS) is 15.0. The summed E-state index contributed by atoms with van der Waals surface area (Å²) in [7, 11) is 1.57. The first-order chi connectivity index (χ1) is 33.1. The minimum Gasteiger partial charge on any atom is -0.496 e. The summed E-state index contributed by atoms with van der Waals surface area (Å²) in [6, 6.07) is 40.3. The summed E-state index contributed by atoms with van der Waals surface area (Å²) in [6.07, 6.45) is 1.41. The largest absolute Gasteiger partial charge is 0.496 e. The van der Waals surface area contributed by atoms with Crippen LogP contribution in [-0.2, 0) is 37.8 Å². The molecule has 0 aliphatic carbocycles. The predicted octanol–water partition coefficient (Wildman–Crippen LogP) is 17.0. The van der Waals surface area contributed by atoms with Gasteiger partial charge in [0.25, 0.3) is 0 Å². The fourth-order valence-corrected chi connectivity index (χ4v) is 12.0. The van der Waals surface area contributed by atoms with Gasteiger partial charge in [-0.15, -0.1) is 0 Å². The molecule has 8 aromatic rings. The third-order valence-electron chi connectivity index (χ3n) is 14.0. The molecule has 0 spiro atoms. The summed E-state index contributed by atoms with van der Waals surface area (Å²) in [5.41, 5.74) is 9.80. The van der Waals surface area contributed by atoms with Crippen molar-refractivity contribution in [1.82, 2.24) is 0 Å². The predicted molar refractivity (Wildman–Crippen MR) is 292 cm³/mol. The Morgan fingerprint density at radius 1 is 0.571 bits per heavy atom. The first-order valence-corrected chi connectivity index (χ1v) is 25.9. The number of hydrogen-bond donors (Lipinski definition) is 0. The second kappa shape index (κ2) is 18.3. The number of nitrogens with zero attached hydrogens (tertiary/aromatic N) is 1. The molecule has 70 heavy (non-hydrogen) atoms. The molecular weight excluding hydrogens is 886 g/mol. The zero-order valence-corrected chi connectivity index (χ0v) is 44.6. The average Bonchev–Trinajstić information content (AvgIpc) is 3.74. The van der Waals surface area contributed by atoms with Crippen LogP contribution < -0.4 is 14.1 Å². The molecule has 0 N–H and O–H groups in total. The van der Waals surface area contributed by atoms with Crippen LogP contribution in [0.25, 0.3) is 65.7 Å². The van der Waals surface area contributed by atoms with Crippen molar-refractivity contribution in [1.29, 1.82) is 0 Å². The number of esters is 1. The smallest absolute Gasteiger partial charge is 0.324 e. The Bertz CT molecular complexity index is 3080. The van der Waals surface area contributed by atoms with E-state index >= 15 is 0 Å². The summed E-state index contributed by atoms with van der Waals surface area (Å²) < 4.78 is 36.3. The fourth-order valence-electron chi connectivity index (χ4n) is 10.3. The van der Waals surface area contributed by atoms with Gasteiger partial charge in [0, 0.05) is 50.7 Å². The van der Waals surface area contributed by atoms with E-state index in [1.165, 1.54) is 0 Å². The van der Waals surface area contributed by atoms with E-state index < -0.39 is 14.2 Å². The molecule has 8 heteroatoms. The summed E-state index contributed by atoms with van der Waals surface area (Å²) in [5, 5.41) is 6.17. The van der Waals surface area contributed by atoms with E-state index in [0.29, 0.717) is 13.0 Å². The molecule has 0 amide bonds. The molecule has 1 atom stereocenters. The van der Waals surface area contributed by atoms with Gasteiger partial charge in [0.05, 0.1) is 14.2 Å². The third-order valence-corrected chi connectivity index (χ3v) is 15.5. The van der Waals surface area contributed by atoms with Crippen molar-refractivity contribution in [3.63, 3.8) is 0 Å². The van der Waals surface area contributed by atoms with Gasteiger partial charge in [-0.25, -0.2) is 0 Å². The molecule has 0 bridgehead atoms. The van der Waals surface area contributed by atoms with Crippen molar-refractivity contribution in [2.24, 2.45) is 0 Å². The van der Waals surface area contributed by atoms with Crippen LogP contribution in [0.3, 0.4) is 0 Å². The lowest BCUT2D eigenvalue weighted by Gasteiger charge is -2.30. The molecule has 1 aliphatic rings. The number of rotatable bonds is 8. The highest BCUT2D eigenvalue weighted by atomic mass is 31.1. The molecule has 2 heterocycles. The Labute approximate surface area is 415 Å². The van der Waals surface area contributed by atoms with Gasteiger partial charge >= 0.3 is 14.1 Å². The monoisotopic (exact) mass is 955 g/mol. The highest BCUT2D eigenvalue weighted by molar-refractivity contribution is 7.39. The molecule has 1 saturated heterocycles. The molecule has 0 unspecified atom stereocenters. The van der Waals surface area contributed by atoms with E-state index in [4.69, 9.17) is 22.6 Å². The number of benzene rings is 7. The SMILES string of the molecule is COc1c(C(C)(C)C)cc(-c2cc3ccccc3c3c2op(N2CCC[C@@H]2C(=O)OCc2ccccc2)oc2c(-c4cc(C(C)(C)C)c(OC)c(C(C)(C)C)c4)cc4ccccc4c23)cc1C(C)(C)C. The molecule has 0 saturated carbocycles. The van der Waals surface area contributed by atoms with Gasteiger partial charge in [0.15, 0.2) is 11.2 Å². The van der Waals surface area contributed by atoms with Crippen LogP contribution in [0.4, 0.5) is 0 Å². The molecule has 1 aliphatic heterocycles. The van der Waals surface area contributed by atoms with Crippen LogP contribution in [0, 0.1) is 0 Å². The second-order valence-corrected chi connectivity index (χ2v) is 24.6. The molecular formula is C62H70NO6P. The highest BCUT2D eigenvalue weighted by Gasteiger charge is 2.38. The standard InChI is InChI=1S/C62H70NO6P/c1-59(2,3)47-33-41(34-48(56(47)65-13)60(4,5)6)45-31-39-25-18-20-27-43(39)52-53-44-28-21-19-26-40(44)32-46(42-35-49(61(7,8)9)57(66-14)50(36-42)62(10,11)12)55(53)69-70(68-54(45)52)63-30-22-29-51(63)58(64)67-37-38-23-16-15-17-24-38/h15-21,23-28,31-36,51H,22,29-30,37H2,1-14H3/t51-/m1/s1. The Morgan fingerprint density at radius 3 is 1.37 bits per heavy atom. The number of carbonyl (C=O) groups excluding carboxylic acids is 1. The number of hydrogen-bond acceptors (Lipinski definition) is 7. The van der Waals surface area contributed by atoms with E-state index in [0.717, 1.165) is 111 Å². The lowest BCUT2D eigenvalue weighted by Crippen LogP contribution is -2.35. The van der Waals surface area contributed by atoms with Crippen LogP contribution in [0.5, 0.6) is 11.5 Å². The first-order valence-electron chi connectivity index (χ1n) is 24.8. The lowest BCUT2D eigenvalue weighted by atomic mass is 9.77. The van der Waals surface area contributed by atoms with Crippen molar-refractivity contribution in [2.45, 2.75) is 130 Å². The second-order valence-electron chi connectivity index (χ2n) is 23.2. The van der Waals surface area contributed by atoms with E-state index in [1.807, 2.05) is 30.3 Å². The molecule has 364 valence electrons. The van der Waals surface area contributed by atoms with Gasteiger partial charge in [0.2, 0.25) is 0 Å². The van der Waals surface area contributed by atoms with Crippen molar-refractivity contribution < 1.29 is 27.4 Å². The van der Waals surface area contributed by atoms with Crippen molar-refractivity contribution >= 4 is 57.6 Å². The number of ether oxygens (including phenoxy) is 3. The van der Waals surface area contributed by atoms with Crippen molar-refractivity contribution in [3.8, 4) is 33.8 Å². The number of fused-ring (bicyclic) bond motifs is 7. The highest BCUT2D eigenvalue weighted by Crippen LogP contribution is 2.52. The van der Waals surface area contributed by atoms with Crippen LogP contribution in [0.15, 0.2) is 124 Å². The Morgan fingerprint density at radius 2 is 0.971 bits per heavy atom. The maximum atomic E-state index is 14.4. The van der Waals surface area contributed by atoms with Crippen LogP contribution in [0.2, 0.25) is 0 Å². The van der Waals surface area contributed by atoms with E-state index in [2.05, 4.69) is 173 Å². The molecule has 7 nitrogen and oxygen atoms in total. The third kappa shape index (κ3) is 9.12. The maximum Gasteiger partial charge on any atom is 0.324 e. The van der Waals surface area contributed by atoms with Crippen molar-refractivity contribution in [2.75, 3.05) is 25.4 Å². The van der Waals surface area contributed by atoms with Gasteiger partial charge in [-0.1, -0.05) is 162 Å². The Kier molecular flexibility index (Phi) is 12.8. The molecule has 9 rings (SSSR count). The average molecular weight is 956 g/mol. The van der Waals surface area contributed by atoms with Crippen LogP contribution in [-0.4, -0.2) is 32.8 Å². The Balaban J connectivity index is 1.48. The van der Waals surface area contributed by atoms with E-state index in [1.54, 1.807) is 14.2 Å². The van der Waals surface area contributed by atoms with Crippen LogP contribution in [0.1, 0.15) is 124 Å².